The van der Waals surface area contributed by atoms with Crippen LogP contribution in [0.4, 0.5) is 0 Å². The van der Waals surface area contributed by atoms with Crippen LogP contribution in [-0.2, 0) is 0 Å². The van der Waals surface area contributed by atoms with Crippen LogP contribution in [0.1, 0.15) is 15.9 Å². The number of thiophene rings is 1. The van der Waals surface area contributed by atoms with Crippen molar-refractivity contribution in [1.29, 1.82) is 0 Å². The number of nitrogens with zero attached hydrogens (tertiary/aromatic N) is 2. The average Bonchev–Trinajstić information content (AvgIpc) is 3.20. The quantitative estimate of drug-likeness (QED) is 0.582. The zero-order valence-electron chi connectivity index (χ0n) is 11.1. The van der Waals surface area contributed by atoms with E-state index in [4.69, 9.17) is 0 Å². The predicted molar refractivity (Wildman–Crippen MR) is 85.1 cm³/mol. The molecule has 0 aliphatic carbocycles. The van der Waals surface area contributed by atoms with Gasteiger partial charge in [0.25, 0.3) is 5.91 Å². The molecular formula is C16H13N3OS. The summed E-state index contributed by atoms with van der Waals surface area (Å²) in [5.41, 5.74) is 4.94. The summed E-state index contributed by atoms with van der Waals surface area (Å²) in [6.07, 6.45) is 5.44. The molecule has 5 heteroatoms. The van der Waals surface area contributed by atoms with Gasteiger partial charge in [-0.3, -0.25) is 4.79 Å². The van der Waals surface area contributed by atoms with E-state index in [0.29, 0.717) is 5.56 Å². The molecule has 0 atom stereocenters. The predicted octanol–water partition coefficient (Wildman–Crippen LogP) is 3.30. The van der Waals surface area contributed by atoms with Crippen LogP contribution in [0.3, 0.4) is 0 Å². The van der Waals surface area contributed by atoms with Gasteiger partial charge in [0, 0.05) is 18.0 Å². The molecule has 4 nitrogen and oxygen atoms in total. The van der Waals surface area contributed by atoms with E-state index in [1.807, 2.05) is 64.1 Å². The molecule has 0 bridgehead atoms. The number of carbonyl (C=O) groups excluding carboxylic acids is 1. The molecule has 2 aromatic heterocycles. The van der Waals surface area contributed by atoms with E-state index in [1.165, 1.54) is 0 Å². The summed E-state index contributed by atoms with van der Waals surface area (Å²) in [6.45, 7) is 0. The Bertz CT molecular complexity index is 746. The molecule has 0 unspecified atom stereocenters. The van der Waals surface area contributed by atoms with E-state index in [-0.39, 0.29) is 5.91 Å². The van der Waals surface area contributed by atoms with Gasteiger partial charge in [-0.2, -0.15) is 16.4 Å². The molecule has 3 aromatic rings. The highest BCUT2D eigenvalue weighted by atomic mass is 32.1. The third kappa shape index (κ3) is 3.09. The molecule has 21 heavy (non-hydrogen) atoms. The fraction of sp³-hybridized carbons (Fsp3) is 0. The SMILES string of the molecule is O=C(N/N=C\c1ccsc1)c1ccccc1-n1cccc1. The number of hydrazone groups is 1. The monoisotopic (exact) mass is 295 g/mol. The van der Waals surface area contributed by atoms with Crippen molar-refractivity contribution in [3.05, 3.63) is 76.7 Å². The summed E-state index contributed by atoms with van der Waals surface area (Å²) >= 11 is 1.59. The van der Waals surface area contributed by atoms with Gasteiger partial charge in [-0.25, -0.2) is 5.43 Å². The first-order valence-corrected chi connectivity index (χ1v) is 7.37. The molecule has 1 amide bonds. The first-order valence-electron chi connectivity index (χ1n) is 6.42. The Kier molecular flexibility index (Phi) is 3.93. The molecule has 0 aliphatic heterocycles. The summed E-state index contributed by atoms with van der Waals surface area (Å²) in [5, 5.41) is 7.91. The van der Waals surface area contributed by atoms with Gasteiger partial charge < -0.3 is 4.57 Å². The lowest BCUT2D eigenvalue weighted by atomic mass is 10.1. The molecular weight excluding hydrogens is 282 g/mol. The minimum absolute atomic E-state index is 0.231. The molecule has 0 spiro atoms. The van der Waals surface area contributed by atoms with E-state index in [2.05, 4.69) is 10.5 Å². The first-order chi connectivity index (χ1) is 10.3. The number of para-hydroxylation sites is 1. The van der Waals surface area contributed by atoms with Crippen LogP contribution < -0.4 is 5.43 Å². The minimum atomic E-state index is -0.231. The van der Waals surface area contributed by atoms with Gasteiger partial charge in [0.05, 0.1) is 17.5 Å². The van der Waals surface area contributed by atoms with Crippen molar-refractivity contribution >= 4 is 23.5 Å². The summed E-state index contributed by atoms with van der Waals surface area (Å²) < 4.78 is 1.90. The van der Waals surface area contributed by atoms with Crippen molar-refractivity contribution in [2.24, 2.45) is 5.10 Å². The maximum atomic E-state index is 12.3. The number of hydrogen-bond acceptors (Lipinski definition) is 3. The lowest BCUT2D eigenvalue weighted by Gasteiger charge is -2.08. The van der Waals surface area contributed by atoms with Gasteiger partial charge in [0.15, 0.2) is 0 Å². The van der Waals surface area contributed by atoms with Crippen LogP contribution in [0.2, 0.25) is 0 Å². The van der Waals surface area contributed by atoms with Crippen LogP contribution in [0, 0.1) is 0 Å². The summed E-state index contributed by atoms with van der Waals surface area (Å²) in [4.78, 5) is 12.3. The first kappa shape index (κ1) is 13.3. The van der Waals surface area contributed by atoms with Gasteiger partial charge in [-0.15, -0.1) is 0 Å². The lowest BCUT2D eigenvalue weighted by Crippen LogP contribution is -2.19. The standard InChI is InChI=1S/C16H13N3OS/c20-16(18-17-11-13-7-10-21-12-13)14-5-1-2-6-15(14)19-8-3-4-9-19/h1-12H,(H,18,20)/b17-11-. The Balaban J connectivity index is 1.79. The number of aromatic nitrogens is 1. The third-order valence-electron chi connectivity index (χ3n) is 2.95. The molecule has 1 aromatic carbocycles. The van der Waals surface area contributed by atoms with E-state index in [9.17, 15) is 4.79 Å². The van der Waals surface area contributed by atoms with Crippen LogP contribution in [-0.4, -0.2) is 16.7 Å². The van der Waals surface area contributed by atoms with Gasteiger partial charge in [-0.1, -0.05) is 12.1 Å². The van der Waals surface area contributed by atoms with E-state index in [0.717, 1.165) is 11.3 Å². The molecule has 0 fully saturated rings. The number of carbonyl (C=O) groups is 1. The summed E-state index contributed by atoms with van der Waals surface area (Å²) in [5.74, 6) is -0.231. The number of hydrogen-bond donors (Lipinski definition) is 1. The molecule has 104 valence electrons. The van der Waals surface area contributed by atoms with Crippen LogP contribution in [0.15, 0.2) is 70.7 Å². The molecule has 1 N–H and O–H groups in total. The fourth-order valence-corrected chi connectivity index (χ4v) is 2.57. The second kappa shape index (κ2) is 6.19. The van der Waals surface area contributed by atoms with E-state index >= 15 is 0 Å². The van der Waals surface area contributed by atoms with Crippen molar-refractivity contribution in [3.8, 4) is 5.69 Å². The van der Waals surface area contributed by atoms with Crippen molar-refractivity contribution in [2.75, 3.05) is 0 Å². The van der Waals surface area contributed by atoms with Crippen molar-refractivity contribution < 1.29 is 4.79 Å². The van der Waals surface area contributed by atoms with Crippen molar-refractivity contribution in [3.63, 3.8) is 0 Å². The van der Waals surface area contributed by atoms with E-state index in [1.54, 1.807) is 23.6 Å². The average molecular weight is 295 g/mol. The summed E-state index contributed by atoms with van der Waals surface area (Å²) in [6, 6.07) is 13.2. The zero-order valence-corrected chi connectivity index (χ0v) is 12.0. The highest BCUT2D eigenvalue weighted by Gasteiger charge is 2.10. The maximum absolute atomic E-state index is 12.3. The third-order valence-corrected chi connectivity index (χ3v) is 3.66. The Morgan fingerprint density at radius 1 is 1.14 bits per heavy atom. The number of rotatable bonds is 4. The largest absolute Gasteiger partial charge is 0.323 e. The molecule has 3 rings (SSSR count). The molecule has 0 saturated heterocycles. The molecule has 0 aliphatic rings. The van der Waals surface area contributed by atoms with Crippen molar-refractivity contribution in [1.82, 2.24) is 9.99 Å². The van der Waals surface area contributed by atoms with Crippen LogP contribution >= 0.6 is 11.3 Å². The maximum Gasteiger partial charge on any atom is 0.273 e. The Morgan fingerprint density at radius 2 is 1.95 bits per heavy atom. The number of amides is 1. The zero-order chi connectivity index (χ0) is 14.5. The smallest absolute Gasteiger partial charge is 0.273 e. The van der Waals surface area contributed by atoms with Crippen LogP contribution in [0.25, 0.3) is 5.69 Å². The molecule has 0 saturated carbocycles. The number of nitrogens with one attached hydrogen (secondary N) is 1. The number of benzene rings is 1. The molecule has 0 radical (unpaired) electrons. The van der Waals surface area contributed by atoms with Gasteiger partial charge in [-0.05, 0) is 41.1 Å². The Hall–Kier alpha value is -2.66. The lowest BCUT2D eigenvalue weighted by molar-refractivity contribution is 0.0955. The highest BCUT2D eigenvalue weighted by molar-refractivity contribution is 7.08. The van der Waals surface area contributed by atoms with Crippen molar-refractivity contribution in [2.45, 2.75) is 0 Å². The van der Waals surface area contributed by atoms with E-state index < -0.39 is 0 Å². The topological polar surface area (TPSA) is 46.4 Å². The van der Waals surface area contributed by atoms with Gasteiger partial charge in [0.2, 0.25) is 0 Å². The molecule has 2 heterocycles. The Morgan fingerprint density at radius 3 is 2.71 bits per heavy atom. The Labute approximate surface area is 126 Å². The second-order valence-electron chi connectivity index (χ2n) is 4.36. The fourth-order valence-electron chi connectivity index (χ4n) is 1.96. The highest BCUT2D eigenvalue weighted by Crippen LogP contribution is 2.14. The van der Waals surface area contributed by atoms with Gasteiger partial charge in [0.1, 0.15) is 0 Å². The summed E-state index contributed by atoms with van der Waals surface area (Å²) in [7, 11) is 0. The van der Waals surface area contributed by atoms with Gasteiger partial charge >= 0.3 is 0 Å². The minimum Gasteiger partial charge on any atom is -0.323 e. The van der Waals surface area contributed by atoms with Crippen LogP contribution in [0.5, 0.6) is 0 Å². The second-order valence-corrected chi connectivity index (χ2v) is 5.14. The normalized spacial score (nSPS) is 10.9.